The first-order chi connectivity index (χ1) is 17.5. The number of carbonyl (C=O) groups is 2. The van der Waals surface area contributed by atoms with E-state index in [-0.39, 0.29) is 11.8 Å². The van der Waals surface area contributed by atoms with Crippen LogP contribution in [0.4, 0.5) is 0 Å². The first kappa shape index (κ1) is 26.2. The molecule has 0 N–H and O–H groups in total. The summed E-state index contributed by atoms with van der Waals surface area (Å²) in [6.45, 7) is 7.45. The molecular weight excluding hydrogens is 456 g/mol. The third kappa shape index (κ3) is 6.27. The van der Waals surface area contributed by atoms with Crippen molar-refractivity contribution >= 4 is 11.8 Å². The van der Waals surface area contributed by atoms with E-state index < -0.39 is 5.60 Å². The largest absolute Gasteiger partial charge is 0.491 e. The molecule has 1 saturated heterocycles. The molecule has 1 aromatic heterocycles. The summed E-state index contributed by atoms with van der Waals surface area (Å²) in [5.41, 5.74) is 1.24. The number of para-hydroxylation sites is 1. The number of benzene rings is 1. The fraction of sp³-hybridized carbons (Fsp3) is 0.607. The van der Waals surface area contributed by atoms with Gasteiger partial charge in [0.2, 0.25) is 5.91 Å². The Hall–Kier alpha value is -2.87. The van der Waals surface area contributed by atoms with Gasteiger partial charge in [0.05, 0.1) is 19.7 Å². The highest BCUT2D eigenvalue weighted by Gasteiger charge is 2.46. The van der Waals surface area contributed by atoms with E-state index in [1.54, 1.807) is 6.20 Å². The molecule has 8 nitrogen and oxygen atoms in total. The average molecular weight is 497 g/mol. The lowest BCUT2D eigenvalue weighted by atomic mass is 9.90. The lowest BCUT2D eigenvalue weighted by molar-refractivity contribution is -0.176. The van der Waals surface area contributed by atoms with Gasteiger partial charge in [0, 0.05) is 37.9 Å². The van der Waals surface area contributed by atoms with Crippen molar-refractivity contribution < 1.29 is 19.1 Å². The molecule has 0 aliphatic carbocycles. The zero-order chi connectivity index (χ0) is 25.4. The van der Waals surface area contributed by atoms with Crippen molar-refractivity contribution in [2.45, 2.75) is 70.9 Å². The van der Waals surface area contributed by atoms with E-state index in [0.717, 1.165) is 43.5 Å². The number of hydrogen-bond donors (Lipinski definition) is 0. The number of carbonyl (C=O) groups excluding carboxylic acids is 2. The Bertz CT molecular complexity index is 1020. The van der Waals surface area contributed by atoms with Gasteiger partial charge in [-0.3, -0.25) is 14.3 Å². The summed E-state index contributed by atoms with van der Waals surface area (Å²) in [7, 11) is 0. The van der Waals surface area contributed by atoms with Crippen LogP contribution in [0.25, 0.3) is 0 Å². The van der Waals surface area contributed by atoms with Crippen LogP contribution in [0.1, 0.15) is 56.7 Å². The van der Waals surface area contributed by atoms with Gasteiger partial charge in [-0.2, -0.15) is 5.10 Å². The maximum atomic E-state index is 14.0. The Morgan fingerprint density at radius 1 is 1.11 bits per heavy atom. The molecule has 8 heteroatoms. The van der Waals surface area contributed by atoms with E-state index >= 15 is 0 Å². The fourth-order valence-electron chi connectivity index (χ4n) is 5.17. The van der Waals surface area contributed by atoms with Crippen molar-refractivity contribution in [2.24, 2.45) is 0 Å². The number of aromatic nitrogens is 2. The molecule has 1 unspecified atom stereocenters. The first-order valence-corrected chi connectivity index (χ1v) is 13.4. The molecule has 0 bridgehead atoms. The average Bonchev–Trinajstić information content (AvgIpc) is 3.31. The molecule has 4 rings (SSSR count). The molecule has 2 amide bonds. The quantitative estimate of drug-likeness (QED) is 0.611. The Kier molecular flexibility index (Phi) is 9.02. The number of amides is 2. The summed E-state index contributed by atoms with van der Waals surface area (Å²) in [4.78, 5) is 31.0. The minimum Gasteiger partial charge on any atom is -0.491 e. The summed E-state index contributed by atoms with van der Waals surface area (Å²) in [6, 6.07) is 10.1. The molecule has 3 heterocycles. The van der Waals surface area contributed by atoms with Gasteiger partial charge in [-0.1, -0.05) is 31.5 Å². The maximum absolute atomic E-state index is 14.0. The summed E-state index contributed by atoms with van der Waals surface area (Å²) in [6.07, 6.45) is 7.31. The van der Waals surface area contributed by atoms with Gasteiger partial charge < -0.3 is 19.3 Å². The monoisotopic (exact) mass is 496 g/mol. The van der Waals surface area contributed by atoms with Gasteiger partial charge in [0.1, 0.15) is 12.4 Å². The summed E-state index contributed by atoms with van der Waals surface area (Å²) in [5, 5.41) is 4.29. The Morgan fingerprint density at radius 3 is 2.78 bits per heavy atom. The predicted molar refractivity (Wildman–Crippen MR) is 138 cm³/mol. The van der Waals surface area contributed by atoms with E-state index in [9.17, 15) is 9.59 Å². The van der Waals surface area contributed by atoms with Gasteiger partial charge in [-0.05, 0) is 56.7 Å². The number of fused-ring (bicyclic) bond motifs is 1. The van der Waals surface area contributed by atoms with Crippen LogP contribution in [0.2, 0.25) is 0 Å². The highest BCUT2D eigenvalue weighted by molar-refractivity contribution is 5.87. The number of unbranched alkanes of at least 4 members (excludes halogenated alkanes) is 1. The second-order valence-corrected chi connectivity index (χ2v) is 9.91. The standard InChI is InChI=1S/C28H40N4O4/c1-3-4-16-30-18-20-35-25-11-6-5-9-24(25)10-7-8-14-28(27(30)34)22-31(19-21-36-28)26(33)13-17-32-23(2)12-15-29-32/h5-6,9,11-12,15H,3-4,7-8,10,13-14,16-22H2,1-2H3. The second kappa shape index (κ2) is 12.4. The molecule has 0 radical (unpaired) electrons. The molecule has 2 aliphatic rings. The lowest BCUT2D eigenvalue weighted by Gasteiger charge is -2.44. The van der Waals surface area contributed by atoms with Crippen molar-refractivity contribution in [3.8, 4) is 5.75 Å². The third-order valence-corrected chi connectivity index (χ3v) is 7.33. The molecule has 196 valence electrons. The molecule has 1 atom stereocenters. The Morgan fingerprint density at radius 2 is 1.97 bits per heavy atom. The molecule has 36 heavy (non-hydrogen) atoms. The molecular formula is C28H40N4O4. The normalized spacial score (nSPS) is 21.4. The zero-order valence-electron chi connectivity index (χ0n) is 21.8. The maximum Gasteiger partial charge on any atom is 0.256 e. The minimum atomic E-state index is -0.998. The molecule has 1 fully saturated rings. The number of nitrogens with zero attached hydrogens (tertiary/aromatic N) is 4. The number of ether oxygens (including phenoxy) is 2. The van der Waals surface area contributed by atoms with Crippen LogP contribution in [0.3, 0.4) is 0 Å². The highest BCUT2D eigenvalue weighted by atomic mass is 16.5. The Balaban J connectivity index is 1.50. The van der Waals surface area contributed by atoms with Crippen molar-refractivity contribution in [1.82, 2.24) is 19.6 Å². The van der Waals surface area contributed by atoms with Crippen LogP contribution in [0.15, 0.2) is 36.5 Å². The van der Waals surface area contributed by atoms with E-state index in [1.165, 1.54) is 5.56 Å². The van der Waals surface area contributed by atoms with E-state index in [4.69, 9.17) is 9.47 Å². The number of morpholine rings is 1. The van der Waals surface area contributed by atoms with Crippen LogP contribution >= 0.6 is 0 Å². The molecule has 2 aromatic rings. The van der Waals surface area contributed by atoms with Crippen LogP contribution in [0.5, 0.6) is 5.75 Å². The van der Waals surface area contributed by atoms with Crippen LogP contribution in [0, 0.1) is 6.92 Å². The molecule has 0 saturated carbocycles. The van der Waals surface area contributed by atoms with E-state index in [2.05, 4.69) is 18.1 Å². The Labute approximate surface area is 214 Å². The van der Waals surface area contributed by atoms with Crippen LogP contribution in [-0.2, 0) is 27.3 Å². The molecule has 1 spiro atoms. The summed E-state index contributed by atoms with van der Waals surface area (Å²) >= 11 is 0. The second-order valence-electron chi connectivity index (χ2n) is 9.91. The van der Waals surface area contributed by atoms with Gasteiger partial charge in [-0.15, -0.1) is 0 Å². The van der Waals surface area contributed by atoms with Crippen LogP contribution in [-0.4, -0.2) is 76.4 Å². The number of aryl methyl sites for hydroxylation is 3. The summed E-state index contributed by atoms with van der Waals surface area (Å²) < 4.78 is 14.3. The van der Waals surface area contributed by atoms with Crippen LogP contribution < -0.4 is 4.74 Å². The minimum absolute atomic E-state index is 0.00571. The summed E-state index contributed by atoms with van der Waals surface area (Å²) in [5.74, 6) is 0.950. The highest BCUT2D eigenvalue weighted by Crippen LogP contribution is 2.30. The topological polar surface area (TPSA) is 76.9 Å². The van der Waals surface area contributed by atoms with Gasteiger partial charge >= 0.3 is 0 Å². The zero-order valence-corrected chi connectivity index (χ0v) is 21.8. The SMILES string of the molecule is CCCCN1CCOc2ccccc2CCCCC2(CN(C(=O)CCn3nccc3C)CCO2)C1=O. The third-order valence-electron chi connectivity index (χ3n) is 7.33. The predicted octanol–water partition coefficient (Wildman–Crippen LogP) is 3.61. The van der Waals surface area contributed by atoms with Gasteiger partial charge in [-0.25, -0.2) is 0 Å². The first-order valence-electron chi connectivity index (χ1n) is 13.4. The van der Waals surface area contributed by atoms with E-state index in [0.29, 0.717) is 58.8 Å². The van der Waals surface area contributed by atoms with Crippen molar-refractivity contribution in [2.75, 3.05) is 39.4 Å². The van der Waals surface area contributed by atoms with Crippen molar-refractivity contribution in [3.63, 3.8) is 0 Å². The van der Waals surface area contributed by atoms with Crippen molar-refractivity contribution in [1.29, 1.82) is 0 Å². The van der Waals surface area contributed by atoms with E-state index in [1.807, 2.05) is 45.7 Å². The van der Waals surface area contributed by atoms with Crippen molar-refractivity contribution in [3.05, 3.63) is 47.8 Å². The number of rotatable bonds is 6. The smallest absolute Gasteiger partial charge is 0.256 e. The molecule has 1 aromatic carbocycles. The number of hydrogen-bond acceptors (Lipinski definition) is 5. The van der Waals surface area contributed by atoms with Gasteiger partial charge in [0.15, 0.2) is 5.60 Å². The molecule has 2 aliphatic heterocycles. The lowest BCUT2D eigenvalue weighted by Crippen LogP contribution is -2.62. The fourth-order valence-corrected chi connectivity index (χ4v) is 5.17. The van der Waals surface area contributed by atoms with Gasteiger partial charge in [0.25, 0.3) is 5.91 Å².